The lowest BCUT2D eigenvalue weighted by atomic mass is 10.0. The summed E-state index contributed by atoms with van der Waals surface area (Å²) in [7, 11) is 0. The normalized spacial score (nSPS) is 15.1. The van der Waals surface area contributed by atoms with Crippen LogP contribution in [-0.2, 0) is 9.59 Å². The molecule has 1 heterocycles. The van der Waals surface area contributed by atoms with E-state index in [-0.39, 0.29) is 12.3 Å². The van der Waals surface area contributed by atoms with Crippen molar-refractivity contribution in [2.45, 2.75) is 19.4 Å². The van der Waals surface area contributed by atoms with Crippen LogP contribution >= 0.6 is 11.6 Å². The van der Waals surface area contributed by atoms with Crippen molar-refractivity contribution in [3.63, 3.8) is 0 Å². The van der Waals surface area contributed by atoms with Gasteiger partial charge in [0.25, 0.3) is 5.91 Å². The van der Waals surface area contributed by atoms with Crippen LogP contribution in [0.2, 0.25) is 5.02 Å². The number of carbonyl (C=O) groups is 3. The van der Waals surface area contributed by atoms with E-state index in [0.717, 1.165) is 5.56 Å². The Morgan fingerprint density at radius 3 is 2.55 bits per heavy atom. The predicted molar refractivity (Wildman–Crippen MR) is 122 cm³/mol. The van der Waals surface area contributed by atoms with Gasteiger partial charge in [0, 0.05) is 16.3 Å². The molecule has 3 aromatic carbocycles. The number of hydrogen-bond acceptors (Lipinski definition) is 3. The summed E-state index contributed by atoms with van der Waals surface area (Å²) in [6.07, 6.45) is -0.204. The van der Waals surface area contributed by atoms with E-state index in [4.69, 9.17) is 11.6 Å². The monoisotopic (exact) mass is 433 g/mol. The van der Waals surface area contributed by atoms with Gasteiger partial charge in [-0.2, -0.15) is 0 Å². The quantitative estimate of drug-likeness (QED) is 0.628. The Hall–Kier alpha value is -3.64. The zero-order valence-electron chi connectivity index (χ0n) is 16.8. The smallest absolute Gasteiger partial charge is 0.259 e. The SMILES string of the molecule is Cc1ccccc1C(=O)N1c2ccccc2NC(=O)C1CC(=O)Nc1cccc(Cl)c1. The maximum atomic E-state index is 13.5. The Morgan fingerprint density at radius 1 is 1.03 bits per heavy atom. The summed E-state index contributed by atoms with van der Waals surface area (Å²) in [6.45, 7) is 1.84. The molecule has 1 unspecified atom stereocenters. The molecule has 3 amide bonds. The molecule has 0 fully saturated rings. The molecule has 0 saturated carbocycles. The summed E-state index contributed by atoms with van der Waals surface area (Å²) in [4.78, 5) is 40.6. The molecule has 6 nitrogen and oxygen atoms in total. The maximum Gasteiger partial charge on any atom is 0.259 e. The lowest BCUT2D eigenvalue weighted by Crippen LogP contribution is -2.52. The van der Waals surface area contributed by atoms with Gasteiger partial charge in [0.15, 0.2) is 0 Å². The first-order valence-corrected chi connectivity index (χ1v) is 10.2. The molecular weight excluding hydrogens is 414 g/mol. The minimum absolute atomic E-state index is 0.204. The van der Waals surface area contributed by atoms with Crippen molar-refractivity contribution < 1.29 is 14.4 Å². The maximum absolute atomic E-state index is 13.5. The van der Waals surface area contributed by atoms with Gasteiger partial charge in [-0.1, -0.05) is 48.0 Å². The molecule has 3 aromatic rings. The van der Waals surface area contributed by atoms with Crippen LogP contribution < -0.4 is 15.5 Å². The highest BCUT2D eigenvalue weighted by atomic mass is 35.5. The number of benzene rings is 3. The second-order valence-corrected chi connectivity index (χ2v) is 7.71. The van der Waals surface area contributed by atoms with E-state index in [9.17, 15) is 14.4 Å². The first-order chi connectivity index (χ1) is 14.9. The lowest BCUT2D eigenvalue weighted by molar-refractivity contribution is -0.122. The van der Waals surface area contributed by atoms with E-state index in [0.29, 0.717) is 27.6 Å². The Labute approximate surface area is 184 Å². The predicted octanol–water partition coefficient (Wildman–Crippen LogP) is 4.64. The van der Waals surface area contributed by atoms with Crippen LogP contribution in [-0.4, -0.2) is 23.8 Å². The topological polar surface area (TPSA) is 78.5 Å². The Bertz CT molecular complexity index is 1180. The minimum Gasteiger partial charge on any atom is -0.326 e. The minimum atomic E-state index is -0.999. The van der Waals surface area contributed by atoms with Gasteiger partial charge in [0.2, 0.25) is 11.8 Å². The van der Waals surface area contributed by atoms with Gasteiger partial charge in [-0.3, -0.25) is 19.3 Å². The third-order valence-corrected chi connectivity index (χ3v) is 5.35. The number of para-hydroxylation sites is 2. The number of hydrogen-bond donors (Lipinski definition) is 2. The van der Waals surface area contributed by atoms with Gasteiger partial charge in [0.1, 0.15) is 6.04 Å². The molecule has 0 radical (unpaired) electrons. The molecule has 1 aliphatic heterocycles. The molecule has 0 bridgehead atoms. The average Bonchev–Trinajstić information content (AvgIpc) is 2.74. The van der Waals surface area contributed by atoms with Crippen LogP contribution in [0, 0.1) is 6.92 Å². The highest BCUT2D eigenvalue weighted by Gasteiger charge is 2.38. The van der Waals surface area contributed by atoms with Crippen molar-refractivity contribution in [1.82, 2.24) is 0 Å². The van der Waals surface area contributed by atoms with Crippen molar-refractivity contribution in [1.29, 1.82) is 0 Å². The van der Waals surface area contributed by atoms with Gasteiger partial charge in [-0.05, 0) is 48.9 Å². The van der Waals surface area contributed by atoms with E-state index in [1.165, 1.54) is 4.90 Å². The lowest BCUT2D eigenvalue weighted by Gasteiger charge is -2.36. The summed E-state index contributed by atoms with van der Waals surface area (Å²) in [5, 5.41) is 6.03. The van der Waals surface area contributed by atoms with Crippen molar-refractivity contribution >= 4 is 46.4 Å². The number of rotatable bonds is 4. The molecule has 156 valence electrons. The van der Waals surface area contributed by atoms with Crippen molar-refractivity contribution in [3.8, 4) is 0 Å². The van der Waals surface area contributed by atoms with Crippen LogP contribution in [0.3, 0.4) is 0 Å². The van der Waals surface area contributed by atoms with E-state index in [2.05, 4.69) is 10.6 Å². The van der Waals surface area contributed by atoms with Crippen LogP contribution in [0.15, 0.2) is 72.8 Å². The zero-order chi connectivity index (χ0) is 22.0. The number of anilines is 3. The van der Waals surface area contributed by atoms with E-state index < -0.39 is 17.9 Å². The largest absolute Gasteiger partial charge is 0.326 e. The molecule has 2 N–H and O–H groups in total. The summed E-state index contributed by atoms with van der Waals surface area (Å²) >= 11 is 5.98. The van der Waals surface area contributed by atoms with Crippen molar-refractivity contribution in [2.24, 2.45) is 0 Å². The Kier molecular flexibility index (Phi) is 5.73. The van der Waals surface area contributed by atoms with Gasteiger partial charge >= 0.3 is 0 Å². The molecule has 0 aromatic heterocycles. The number of nitrogens with zero attached hydrogens (tertiary/aromatic N) is 1. The van der Waals surface area contributed by atoms with Gasteiger partial charge in [0.05, 0.1) is 17.8 Å². The van der Waals surface area contributed by atoms with Gasteiger partial charge < -0.3 is 10.6 Å². The third kappa shape index (κ3) is 4.29. The first-order valence-electron chi connectivity index (χ1n) is 9.78. The fourth-order valence-electron chi connectivity index (χ4n) is 3.62. The number of halogens is 1. The molecule has 4 rings (SSSR count). The van der Waals surface area contributed by atoms with Crippen LogP contribution in [0.5, 0.6) is 0 Å². The van der Waals surface area contributed by atoms with E-state index >= 15 is 0 Å². The van der Waals surface area contributed by atoms with Gasteiger partial charge in [-0.25, -0.2) is 0 Å². The molecular formula is C24H20ClN3O3. The zero-order valence-corrected chi connectivity index (χ0v) is 17.5. The molecule has 0 spiro atoms. The first kappa shape index (κ1) is 20.6. The second kappa shape index (κ2) is 8.62. The fraction of sp³-hybridized carbons (Fsp3) is 0.125. The standard InChI is InChI=1S/C24H20ClN3O3/c1-15-7-2-3-10-18(15)24(31)28-20-12-5-4-11-19(20)27-23(30)21(28)14-22(29)26-17-9-6-8-16(25)13-17/h2-13,21H,14H2,1H3,(H,26,29)(H,27,30). The van der Waals surface area contributed by atoms with Crippen LogP contribution in [0.25, 0.3) is 0 Å². The molecule has 0 saturated heterocycles. The fourth-order valence-corrected chi connectivity index (χ4v) is 3.81. The van der Waals surface area contributed by atoms with E-state index in [1.54, 1.807) is 60.7 Å². The molecule has 1 atom stereocenters. The summed E-state index contributed by atoms with van der Waals surface area (Å²) in [5.41, 5.74) is 2.87. The van der Waals surface area contributed by atoms with Gasteiger partial charge in [-0.15, -0.1) is 0 Å². The second-order valence-electron chi connectivity index (χ2n) is 7.27. The van der Waals surface area contributed by atoms with Crippen molar-refractivity contribution in [2.75, 3.05) is 15.5 Å². The Balaban J connectivity index is 1.67. The molecule has 31 heavy (non-hydrogen) atoms. The van der Waals surface area contributed by atoms with Crippen LogP contribution in [0.4, 0.5) is 17.1 Å². The molecule has 0 aliphatic carbocycles. The molecule has 7 heteroatoms. The Morgan fingerprint density at radius 2 is 1.77 bits per heavy atom. The van der Waals surface area contributed by atoms with Crippen LogP contribution in [0.1, 0.15) is 22.3 Å². The summed E-state index contributed by atoms with van der Waals surface area (Å²) in [5.74, 6) is -1.15. The number of amides is 3. The number of fused-ring (bicyclic) bond motifs is 1. The average molecular weight is 434 g/mol. The van der Waals surface area contributed by atoms with Crippen molar-refractivity contribution in [3.05, 3.63) is 88.9 Å². The summed E-state index contributed by atoms with van der Waals surface area (Å²) < 4.78 is 0. The highest BCUT2D eigenvalue weighted by molar-refractivity contribution is 6.31. The number of carbonyl (C=O) groups excluding carboxylic acids is 3. The van der Waals surface area contributed by atoms with E-state index in [1.807, 2.05) is 19.1 Å². The number of aryl methyl sites for hydroxylation is 1. The highest BCUT2D eigenvalue weighted by Crippen LogP contribution is 2.34. The molecule has 1 aliphatic rings. The number of nitrogens with one attached hydrogen (secondary N) is 2. The summed E-state index contributed by atoms with van der Waals surface area (Å²) in [6, 6.07) is 20.0. The third-order valence-electron chi connectivity index (χ3n) is 5.12.